The van der Waals surface area contributed by atoms with Crippen molar-refractivity contribution in [3.63, 3.8) is 0 Å². The number of nitrogens with zero attached hydrogens (tertiary/aromatic N) is 6. The van der Waals surface area contributed by atoms with Gasteiger partial charge in [-0.25, -0.2) is 19.9 Å². The highest BCUT2D eigenvalue weighted by molar-refractivity contribution is 7.16. The van der Waals surface area contributed by atoms with Gasteiger partial charge in [0.25, 0.3) is 5.56 Å². The maximum Gasteiger partial charge on any atom is 0.277 e. The second kappa shape index (κ2) is 6.24. The van der Waals surface area contributed by atoms with Crippen molar-refractivity contribution < 1.29 is 0 Å². The summed E-state index contributed by atoms with van der Waals surface area (Å²) in [6.45, 7) is 1.95. The summed E-state index contributed by atoms with van der Waals surface area (Å²) in [4.78, 5) is 31.0. The van der Waals surface area contributed by atoms with Crippen molar-refractivity contribution in [2.75, 3.05) is 5.73 Å². The molecule has 5 rings (SSSR count). The van der Waals surface area contributed by atoms with Gasteiger partial charge in [0.05, 0.1) is 29.3 Å². The maximum atomic E-state index is 13.2. The highest BCUT2D eigenvalue weighted by Crippen LogP contribution is 2.26. The van der Waals surface area contributed by atoms with Crippen LogP contribution in [0.15, 0.2) is 59.2 Å². The Kier molecular flexibility index (Phi) is 3.69. The first-order valence-electron chi connectivity index (χ1n) is 8.63. The van der Waals surface area contributed by atoms with Gasteiger partial charge in [-0.05, 0) is 25.1 Å². The summed E-state index contributed by atoms with van der Waals surface area (Å²) >= 11 is 1.29. The molecular formula is C19H15N7OS. The zero-order valence-electron chi connectivity index (χ0n) is 14.9. The fourth-order valence-electron chi connectivity index (χ4n) is 3.30. The van der Waals surface area contributed by atoms with Crippen LogP contribution < -0.4 is 11.3 Å². The van der Waals surface area contributed by atoms with Crippen LogP contribution in [0.3, 0.4) is 0 Å². The summed E-state index contributed by atoms with van der Waals surface area (Å²) in [6.07, 6.45) is 3.31. The molecule has 0 spiro atoms. The average Bonchev–Trinajstić information content (AvgIpc) is 3.36. The van der Waals surface area contributed by atoms with Gasteiger partial charge in [-0.1, -0.05) is 18.2 Å². The van der Waals surface area contributed by atoms with Crippen LogP contribution in [0.1, 0.15) is 18.8 Å². The topological polar surface area (TPSA) is 105 Å². The van der Waals surface area contributed by atoms with Crippen molar-refractivity contribution in [2.24, 2.45) is 0 Å². The third-order valence-electron chi connectivity index (χ3n) is 4.69. The van der Waals surface area contributed by atoms with Crippen LogP contribution in [0.2, 0.25) is 0 Å². The molecule has 0 bridgehead atoms. The Labute approximate surface area is 163 Å². The van der Waals surface area contributed by atoms with Crippen LogP contribution in [-0.2, 0) is 0 Å². The van der Waals surface area contributed by atoms with E-state index in [1.165, 1.54) is 11.3 Å². The number of imidazole rings is 1. The molecule has 2 N–H and O–H groups in total. The van der Waals surface area contributed by atoms with Crippen molar-refractivity contribution >= 4 is 38.5 Å². The minimum absolute atomic E-state index is 0.141. The Morgan fingerprint density at radius 1 is 1.11 bits per heavy atom. The Morgan fingerprint density at radius 2 is 1.93 bits per heavy atom. The number of para-hydroxylation sites is 1. The molecule has 4 aromatic heterocycles. The minimum Gasteiger partial charge on any atom is -0.397 e. The highest BCUT2D eigenvalue weighted by atomic mass is 32.1. The van der Waals surface area contributed by atoms with Crippen molar-refractivity contribution in [3.05, 3.63) is 70.6 Å². The molecule has 5 aromatic rings. The van der Waals surface area contributed by atoms with Crippen LogP contribution in [0.25, 0.3) is 27.2 Å². The molecule has 1 unspecified atom stereocenters. The molecule has 0 aliphatic heterocycles. The van der Waals surface area contributed by atoms with E-state index < -0.39 is 0 Å². The smallest absolute Gasteiger partial charge is 0.277 e. The summed E-state index contributed by atoms with van der Waals surface area (Å²) < 4.78 is 4.02. The number of fused-ring (bicyclic) bond motifs is 2. The summed E-state index contributed by atoms with van der Waals surface area (Å²) in [5.41, 5.74) is 10.5. The van der Waals surface area contributed by atoms with E-state index in [1.807, 2.05) is 41.8 Å². The van der Waals surface area contributed by atoms with Gasteiger partial charge in [0.15, 0.2) is 11.3 Å². The fourth-order valence-corrected chi connectivity index (χ4v) is 3.95. The summed E-state index contributed by atoms with van der Waals surface area (Å²) in [5, 5.41) is 0. The molecule has 28 heavy (non-hydrogen) atoms. The molecule has 0 aliphatic rings. The van der Waals surface area contributed by atoms with Gasteiger partial charge in [0, 0.05) is 6.20 Å². The Bertz CT molecular complexity index is 1370. The molecule has 9 heteroatoms. The monoisotopic (exact) mass is 389 g/mol. The molecule has 0 aliphatic carbocycles. The van der Waals surface area contributed by atoms with Crippen molar-refractivity contribution in [1.29, 1.82) is 0 Å². The first-order valence-corrected chi connectivity index (χ1v) is 9.51. The normalized spacial score (nSPS) is 12.6. The van der Waals surface area contributed by atoms with Crippen LogP contribution in [0.4, 0.5) is 5.69 Å². The molecule has 0 fully saturated rings. The Balaban J connectivity index is 1.80. The van der Waals surface area contributed by atoms with Gasteiger partial charge in [0.1, 0.15) is 16.0 Å². The Morgan fingerprint density at radius 3 is 2.75 bits per heavy atom. The van der Waals surface area contributed by atoms with Crippen LogP contribution >= 0.6 is 11.3 Å². The molecule has 0 saturated carbocycles. The number of nitrogen functional groups attached to an aromatic ring is 1. The number of anilines is 1. The quantitative estimate of drug-likeness (QED) is 0.509. The lowest BCUT2D eigenvalue weighted by Crippen LogP contribution is -2.26. The maximum absolute atomic E-state index is 13.2. The second-order valence-corrected chi connectivity index (χ2v) is 7.21. The van der Waals surface area contributed by atoms with Crippen molar-refractivity contribution in [2.45, 2.75) is 13.0 Å². The van der Waals surface area contributed by atoms with E-state index in [1.54, 1.807) is 28.7 Å². The van der Waals surface area contributed by atoms with Crippen LogP contribution in [-0.4, -0.2) is 29.1 Å². The van der Waals surface area contributed by atoms with Crippen molar-refractivity contribution in [3.8, 4) is 5.69 Å². The molecule has 8 nitrogen and oxygen atoms in total. The first-order chi connectivity index (χ1) is 13.6. The van der Waals surface area contributed by atoms with Gasteiger partial charge in [-0.2, -0.15) is 0 Å². The third kappa shape index (κ3) is 2.40. The standard InChI is InChI=1S/C19H15N7OS/c1-11(25-9-22-14-13(20)7-8-21-18(14)25)17-24-16-15(28-10-23-16)19(27)26(17)12-5-3-2-4-6-12/h2-11H,1H3,(H2,20,21). The first kappa shape index (κ1) is 16.6. The number of nitrogens with two attached hydrogens (primary N) is 1. The zero-order valence-corrected chi connectivity index (χ0v) is 15.7. The van der Waals surface area contributed by atoms with E-state index in [9.17, 15) is 4.79 Å². The molecule has 1 aromatic carbocycles. The molecule has 0 saturated heterocycles. The number of aromatic nitrogens is 6. The molecule has 0 amide bonds. The van der Waals surface area contributed by atoms with Crippen molar-refractivity contribution in [1.82, 2.24) is 29.1 Å². The van der Waals surface area contributed by atoms with E-state index in [2.05, 4.69) is 15.0 Å². The molecule has 138 valence electrons. The number of hydrogen-bond acceptors (Lipinski definition) is 7. The molecule has 0 radical (unpaired) electrons. The van der Waals surface area contributed by atoms with Gasteiger partial charge < -0.3 is 10.3 Å². The van der Waals surface area contributed by atoms with E-state index in [-0.39, 0.29) is 11.6 Å². The van der Waals surface area contributed by atoms with E-state index in [0.29, 0.717) is 33.0 Å². The predicted molar refractivity (Wildman–Crippen MR) is 109 cm³/mol. The largest absolute Gasteiger partial charge is 0.397 e. The zero-order chi connectivity index (χ0) is 19.3. The highest BCUT2D eigenvalue weighted by Gasteiger charge is 2.22. The Hall–Kier alpha value is -3.59. The van der Waals surface area contributed by atoms with Gasteiger partial charge in [0.2, 0.25) is 0 Å². The van der Waals surface area contributed by atoms with E-state index in [0.717, 1.165) is 5.69 Å². The average molecular weight is 389 g/mol. The van der Waals surface area contributed by atoms with Gasteiger partial charge >= 0.3 is 0 Å². The third-order valence-corrected chi connectivity index (χ3v) is 5.50. The minimum atomic E-state index is -0.321. The SMILES string of the molecule is CC(c1nc2ncsc2c(=O)n1-c1ccccc1)n1cnc2c(N)ccnc21. The molecule has 4 heterocycles. The van der Waals surface area contributed by atoms with E-state index in [4.69, 9.17) is 10.7 Å². The lowest BCUT2D eigenvalue weighted by molar-refractivity contribution is 0.590. The summed E-state index contributed by atoms with van der Waals surface area (Å²) in [7, 11) is 0. The lowest BCUT2D eigenvalue weighted by atomic mass is 10.2. The lowest BCUT2D eigenvalue weighted by Gasteiger charge is -2.19. The predicted octanol–water partition coefficient (Wildman–Crippen LogP) is 2.78. The second-order valence-electron chi connectivity index (χ2n) is 6.35. The molecule has 1 atom stereocenters. The number of hydrogen-bond donors (Lipinski definition) is 1. The van der Waals surface area contributed by atoms with Gasteiger partial charge in [-0.15, -0.1) is 11.3 Å². The van der Waals surface area contributed by atoms with Gasteiger partial charge in [-0.3, -0.25) is 9.36 Å². The summed E-state index contributed by atoms with van der Waals surface area (Å²) in [6, 6.07) is 10.8. The van der Waals surface area contributed by atoms with Crippen LogP contribution in [0.5, 0.6) is 0 Å². The number of rotatable bonds is 3. The number of benzene rings is 1. The molecular weight excluding hydrogens is 374 g/mol. The van der Waals surface area contributed by atoms with E-state index >= 15 is 0 Å². The van der Waals surface area contributed by atoms with Crippen LogP contribution in [0, 0.1) is 0 Å². The number of thiazole rings is 1. The summed E-state index contributed by atoms with van der Waals surface area (Å²) in [5.74, 6) is 0.554. The number of pyridine rings is 1. The fraction of sp³-hybridized carbons (Fsp3) is 0.105.